The van der Waals surface area contributed by atoms with Crippen LogP contribution in [-0.2, 0) is 17.8 Å². The molecule has 0 saturated carbocycles. The number of rotatable bonds is 8. The number of H-pyrrole nitrogens is 1. The zero-order valence-corrected chi connectivity index (χ0v) is 21.3. The third kappa shape index (κ3) is 5.55. The van der Waals surface area contributed by atoms with Crippen LogP contribution in [0.25, 0.3) is 11.0 Å². The molecule has 0 unspecified atom stereocenters. The number of aromatic nitrogens is 2. The van der Waals surface area contributed by atoms with E-state index in [9.17, 15) is 9.59 Å². The lowest BCUT2D eigenvalue weighted by Gasteiger charge is -2.33. The van der Waals surface area contributed by atoms with E-state index in [0.29, 0.717) is 19.7 Å². The molecule has 1 amide bonds. The molecular formula is C28H32N4O3S. The SMILES string of the molecule is C[C@@H](COC(=O)N1CCC(n2c(=O)[nH]c3ccccc32)CC1)N(Cc1ccccc1)Cc1cccs1. The standard InChI is InChI=1S/C28H32N4O3S/c1-21(31(19-24-10-7-17-36-24)18-22-8-3-2-4-9-22)20-35-28(34)30-15-13-23(14-16-30)32-26-12-6-5-11-25(26)29-27(32)33/h2-12,17,21,23H,13-16,18-20H2,1H3,(H,29,33)/t21-/m0/s1. The predicted octanol–water partition coefficient (Wildman–Crippen LogP) is 5.26. The summed E-state index contributed by atoms with van der Waals surface area (Å²) in [5.41, 5.74) is 2.92. The van der Waals surface area contributed by atoms with E-state index in [4.69, 9.17) is 4.74 Å². The maximum Gasteiger partial charge on any atom is 0.409 e. The van der Waals surface area contributed by atoms with E-state index in [1.807, 2.05) is 34.9 Å². The van der Waals surface area contributed by atoms with Gasteiger partial charge in [-0.05, 0) is 48.9 Å². The van der Waals surface area contributed by atoms with Crippen molar-refractivity contribution in [2.45, 2.75) is 44.9 Å². The van der Waals surface area contributed by atoms with Crippen LogP contribution in [0.2, 0.25) is 0 Å². The second-order valence-electron chi connectivity index (χ2n) is 9.43. The Hall–Kier alpha value is -3.36. The lowest BCUT2D eigenvalue weighted by molar-refractivity contribution is 0.0570. The molecule has 2 aromatic heterocycles. The summed E-state index contributed by atoms with van der Waals surface area (Å²) in [6.07, 6.45) is 1.18. The number of carbonyl (C=O) groups is 1. The van der Waals surface area contributed by atoms with Gasteiger partial charge in [0, 0.05) is 43.1 Å². The zero-order valence-electron chi connectivity index (χ0n) is 20.5. The van der Waals surface area contributed by atoms with Gasteiger partial charge < -0.3 is 14.6 Å². The van der Waals surface area contributed by atoms with Crippen LogP contribution >= 0.6 is 11.3 Å². The first-order valence-corrected chi connectivity index (χ1v) is 13.4. The molecule has 0 radical (unpaired) electrons. The van der Waals surface area contributed by atoms with Crippen molar-refractivity contribution >= 4 is 28.5 Å². The number of benzene rings is 2. The van der Waals surface area contributed by atoms with Gasteiger partial charge in [-0.25, -0.2) is 9.59 Å². The topological polar surface area (TPSA) is 70.6 Å². The molecule has 188 valence electrons. The minimum Gasteiger partial charge on any atom is -0.448 e. The molecule has 1 saturated heterocycles. The minimum atomic E-state index is -0.276. The molecule has 1 N–H and O–H groups in total. The van der Waals surface area contributed by atoms with Gasteiger partial charge in [0.15, 0.2) is 0 Å². The van der Waals surface area contributed by atoms with E-state index in [-0.39, 0.29) is 23.9 Å². The fourth-order valence-electron chi connectivity index (χ4n) is 4.92. The van der Waals surface area contributed by atoms with Crippen molar-refractivity contribution in [3.05, 3.63) is 93.0 Å². The van der Waals surface area contributed by atoms with Gasteiger partial charge in [0.25, 0.3) is 0 Å². The van der Waals surface area contributed by atoms with Crippen molar-refractivity contribution in [2.75, 3.05) is 19.7 Å². The Bertz CT molecular complexity index is 1320. The first kappa shape index (κ1) is 24.3. The number of imidazole rings is 1. The van der Waals surface area contributed by atoms with Gasteiger partial charge in [-0.3, -0.25) is 9.47 Å². The Kier molecular flexibility index (Phi) is 7.53. The molecule has 1 fully saturated rings. The van der Waals surface area contributed by atoms with Crippen molar-refractivity contribution in [3.63, 3.8) is 0 Å². The van der Waals surface area contributed by atoms with Gasteiger partial charge in [0.1, 0.15) is 6.61 Å². The highest BCUT2D eigenvalue weighted by molar-refractivity contribution is 7.09. The first-order valence-electron chi connectivity index (χ1n) is 12.5. The molecule has 8 heteroatoms. The van der Waals surface area contributed by atoms with Gasteiger partial charge in [-0.1, -0.05) is 48.5 Å². The maximum atomic E-state index is 12.9. The minimum absolute atomic E-state index is 0.0681. The summed E-state index contributed by atoms with van der Waals surface area (Å²) >= 11 is 1.74. The number of nitrogens with zero attached hydrogens (tertiary/aromatic N) is 3. The van der Waals surface area contributed by atoms with Gasteiger partial charge in [0.2, 0.25) is 0 Å². The van der Waals surface area contributed by atoms with Crippen molar-refractivity contribution in [2.24, 2.45) is 0 Å². The smallest absolute Gasteiger partial charge is 0.409 e. The van der Waals surface area contributed by atoms with E-state index in [2.05, 4.69) is 58.6 Å². The van der Waals surface area contributed by atoms with Crippen molar-refractivity contribution in [1.82, 2.24) is 19.4 Å². The summed E-state index contributed by atoms with van der Waals surface area (Å²) in [5.74, 6) is 0. The summed E-state index contributed by atoms with van der Waals surface area (Å²) in [6, 6.07) is 22.5. The summed E-state index contributed by atoms with van der Waals surface area (Å²) in [7, 11) is 0. The predicted molar refractivity (Wildman–Crippen MR) is 143 cm³/mol. The number of fused-ring (bicyclic) bond motifs is 1. The number of thiophene rings is 1. The third-order valence-corrected chi connectivity index (χ3v) is 7.81. The summed E-state index contributed by atoms with van der Waals surface area (Å²) in [5, 5.41) is 2.09. The average Bonchev–Trinajstić information content (AvgIpc) is 3.54. The van der Waals surface area contributed by atoms with E-state index >= 15 is 0 Å². The van der Waals surface area contributed by atoms with Crippen molar-refractivity contribution < 1.29 is 9.53 Å². The number of ether oxygens (including phenoxy) is 1. The molecule has 0 bridgehead atoms. The number of aromatic amines is 1. The van der Waals surface area contributed by atoms with Crippen LogP contribution in [0.1, 0.15) is 36.2 Å². The Morgan fingerprint density at radius 1 is 1.06 bits per heavy atom. The zero-order chi connectivity index (χ0) is 24.9. The number of piperidine rings is 1. The second-order valence-corrected chi connectivity index (χ2v) is 10.5. The normalized spacial score (nSPS) is 15.4. The number of carbonyl (C=O) groups excluding carboxylic acids is 1. The Balaban J connectivity index is 1.16. The van der Waals surface area contributed by atoms with Crippen LogP contribution in [-0.4, -0.2) is 51.2 Å². The summed E-state index contributed by atoms with van der Waals surface area (Å²) in [4.78, 5) is 33.8. The number of likely N-dealkylation sites (tertiary alicyclic amines) is 1. The van der Waals surface area contributed by atoms with Gasteiger partial charge in [0.05, 0.1) is 11.0 Å². The van der Waals surface area contributed by atoms with Gasteiger partial charge in [-0.15, -0.1) is 11.3 Å². The largest absolute Gasteiger partial charge is 0.448 e. The fraction of sp³-hybridized carbons (Fsp3) is 0.357. The first-order chi connectivity index (χ1) is 17.6. The van der Waals surface area contributed by atoms with Crippen LogP contribution in [0.15, 0.2) is 76.9 Å². The van der Waals surface area contributed by atoms with Gasteiger partial charge in [-0.2, -0.15) is 0 Å². The lowest BCUT2D eigenvalue weighted by atomic mass is 10.0. The van der Waals surface area contributed by atoms with Crippen LogP contribution in [0, 0.1) is 0 Å². The molecule has 1 aliphatic heterocycles. The van der Waals surface area contributed by atoms with Gasteiger partial charge >= 0.3 is 11.8 Å². The van der Waals surface area contributed by atoms with Crippen LogP contribution in [0.5, 0.6) is 0 Å². The van der Waals surface area contributed by atoms with Crippen molar-refractivity contribution in [1.29, 1.82) is 0 Å². The number of hydrogen-bond acceptors (Lipinski definition) is 5. The monoisotopic (exact) mass is 504 g/mol. The van der Waals surface area contributed by atoms with E-state index in [1.54, 1.807) is 16.2 Å². The molecule has 1 atom stereocenters. The quantitative estimate of drug-likeness (QED) is 0.356. The molecular weight excluding hydrogens is 472 g/mol. The summed E-state index contributed by atoms with van der Waals surface area (Å²) in [6.45, 7) is 5.20. The third-order valence-electron chi connectivity index (χ3n) is 6.95. The number of hydrogen-bond donors (Lipinski definition) is 1. The molecule has 7 nitrogen and oxygen atoms in total. The highest BCUT2D eigenvalue weighted by Crippen LogP contribution is 2.25. The number of amides is 1. The number of para-hydroxylation sites is 2. The highest BCUT2D eigenvalue weighted by Gasteiger charge is 2.27. The Morgan fingerprint density at radius 3 is 2.56 bits per heavy atom. The van der Waals surface area contributed by atoms with Crippen LogP contribution < -0.4 is 5.69 Å². The van der Waals surface area contributed by atoms with E-state index in [0.717, 1.165) is 37.0 Å². The molecule has 2 aromatic carbocycles. The van der Waals surface area contributed by atoms with Crippen LogP contribution in [0.3, 0.4) is 0 Å². The lowest BCUT2D eigenvalue weighted by Crippen LogP contribution is -2.42. The fourth-order valence-corrected chi connectivity index (χ4v) is 5.65. The molecule has 1 aliphatic rings. The van der Waals surface area contributed by atoms with E-state index < -0.39 is 0 Å². The Morgan fingerprint density at radius 2 is 1.81 bits per heavy atom. The van der Waals surface area contributed by atoms with E-state index in [1.165, 1.54) is 10.4 Å². The molecule has 0 spiro atoms. The second kappa shape index (κ2) is 11.1. The molecule has 4 aromatic rings. The summed E-state index contributed by atoms with van der Waals surface area (Å²) < 4.78 is 7.61. The number of nitrogens with one attached hydrogen (secondary N) is 1. The molecule has 5 rings (SSSR count). The molecule has 36 heavy (non-hydrogen) atoms. The Labute approximate surface area is 214 Å². The highest BCUT2D eigenvalue weighted by atomic mass is 32.1. The molecule has 0 aliphatic carbocycles. The van der Waals surface area contributed by atoms with Crippen molar-refractivity contribution in [3.8, 4) is 0 Å². The maximum absolute atomic E-state index is 12.9. The average molecular weight is 505 g/mol. The molecule has 3 heterocycles. The van der Waals surface area contributed by atoms with Crippen LogP contribution in [0.4, 0.5) is 4.79 Å².